The van der Waals surface area contributed by atoms with Crippen molar-refractivity contribution in [2.24, 2.45) is 0 Å². The Balaban J connectivity index is 2.66. The molecular weight excluding hydrogens is 241 g/mol. The Kier molecular flexibility index (Phi) is 5.33. The van der Waals surface area contributed by atoms with Crippen LogP contribution < -0.4 is 5.32 Å². The zero-order valence-corrected chi connectivity index (χ0v) is 11.4. The summed E-state index contributed by atoms with van der Waals surface area (Å²) in [4.78, 5) is 0. The van der Waals surface area contributed by atoms with Crippen LogP contribution in [0, 0.1) is 0 Å². The van der Waals surface area contributed by atoms with Gasteiger partial charge in [-0.2, -0.15) is 0 Å². The molecule has 1 aromatic carbocycles. The molecule has 0 heterocycles. The molecule has 88 valence electrons. The van der Waals surface area contributed by atoms with Crippen LogP contribution in [0.2, 0.25) is 10.0 Å². The molecule has 0 aliphatic heterocycles. The molecule has 16 heavy (non-hydrogen) atoms. The standard InChI is InChI=1S/C13H17Cl2N/c1-9(2)6-7-16-10(3)12-5-4-11(14)8-13(12)15/h4-6,8,10,16H,7H2,1-3H3. The molecule has 0 radical (unpaired) electrons. The van der Waals surface area contributed by atoms with Gasteiger partial charge in [0, 0.05) is 22.6 Å². The summed E-state index contributed by atoms with van der Waals surface area (Å²) in [6.45, 7) is 7.11. The Morgan fingerprint density at radius 2 is 2.06 bits per heavy atom. The lowest BCUT2D eigenvalue weighted by Gasteiger charge is -2.14. The van der Waals surface area contributed by atoms with Crippen molar-refractivity contribution in [3.8, 4) is 0 Å². The van der Waals surface area contributed by atoms with E-state index < -0.39 is 0 Å². The van der Waals surface area contributed by atoms with Gasteiger partial charge in [-0.05, 0) is 38.5 Å². The number of rotatable bonds is 4. The first kappa shape index (κ1) is 13.6. The van der Waals surface area contributed by atoms with E-state index in [0.29, 0.717) is 10.0 Å². The molecule has 0 bridgehead atoms. The number of halogens is 2. The maximum atomic E-state index is 6.13. The molecule has 1 atom stereocenters. The highest BCUT2D eigenvalue weighted by atomic mass is 35.5. The Morgan fingerprint density at radius 3 is 2.62 bits per heavy atom. The number of hydrogen-bond donors (Lipinski definition) is 1. The van der Waals surface area contributed by atoms with E-state index in [9.17, 15) is 0 Å². The van der Waals surface area contributed by atoms with Crippen LogP contribution in [0.15, 0.2) is 29.8 Å². The van der Waals surface area contributed by atoms with Crippen LogP contribution in [0.4, 0.5) is 0 Å². The predicted octanol–water partition coefficient (Wildman–Crippen LogP) is 4.61. The molecule has 0 aliphatic carbocycles. The lowest BCUT2D eigenvalue weighted by molar-refractivity contribution is 0.616. The molecular formula is C13H17Cl2N. The summed E-state index contributed by atoms with van der Waals surface area (Å²) in [5.41, 5.74) is 2.38. The largest absolute Gasteiger partial charge is 0.307 e. The highest BCUT2D eigenvalue weighted by molar-refractivity contribution is 6.35. The van der Waals surface area contributed by atoms with E-state index >= 15 is 0 Å². The first-order chi connectivity index (χ1) is 7.50. The highest BCUT2D eigenvalue weighted by Crippen LogP contribution is 2.25. The van der Waals surface area contributed by atoms with Gasteiger partial charge in [0.2, 0.25) is 0 Å². The Morgan fingerprint density at radius 1 is 1.38 bits per heavy atom. The van der Waals surface area contributed by atoms with Gasteiger partial charge in [-0.1, -0.05) is 40.9 Å². The second-order valence-electron chi connectivity index (χ2n) is 4.08. The number of benzene rings is 1. The van der Waals surface area contributed by atoms with Crippen molar-refractivity contribution in [1.29, 1.82) is 0 Å². The number of hydrogen-bond acceptors (Lipinski definition) is 1. The predicted molar refractivity (Wildman–Crippen MR) is 72.3 cm³/mol. The molecule has 0 spiro atoms. The molecule has 0 amide bonds. The van der Waals surface area contributed by atoms with Crippen LogP contribution >= 0.6 is 23.2 Å². The summed E-state index contributed by atoms with van der Waals surface area (Å²) < 4.78 is 0. The van der Waals surface area contributed by atoms with Crippen LogP contribution in [0.25, 0.3) is 0 Å². The lowest BCUT2D eigenvalue weighted by atomic mass is 10.1. The average Bonchev–Trinajstić information content (AvgIpc) is 2.16. The number of allylic oxidation sites excluding steroid dienone is 1. The van der Waals surface area contributed by atoms with Gasteiger partial charge < -0.3 is 5.32 Å². The summed E-state index contributed by atoms with van der Waals surface area (Å²) in [6.07, 6.45) is 2.15. The van der Waals surface area contributed by atoms with Crippen molar-refractivity contribution < 1.29 is 0 Å². The summed E-state index contributed by atoms with van der Waals surface area (Å²) in [5.74, 6) is 0. The monoisotopic (exact) mass is 257 g/mol. The van der Waals surface area contributed by atoms with Gasteiger partial charge in [0.25, 0.3) is 0 Å². The summed E-state index contributed by atoms with van der Waals surface area (Å²) in [5, 5.41) is 4.77. The van der Waals surface area contributed by atoms with E-state index in [0.717, 1.165) is 12.1 Å². The minimum Gasteiger partial charge on any atom is -0.307 e. The van der Waals surface area contributed by atoms with E-state index in [-0.39, 0.29) is 6.04 Å². The fourth-order valence-corrected chi connectivity index (χ4v) is 1.97. The van der Waals surface area contributed by atoms with E-state index in [1.54, 1.807) is 6.07 Å². The van der Waals surface area contributed by atoms with E-state index in [1.165, 1.54) is 5.57 Å². The van der Waals surface area contributed by atoms with Crippen molar-refractivity contribution >= 4 is 23.2 Å². The van der Waals surface area contributed by atoms with Crippen LogP contribution in [0.3, 0.4) is 0 Å². The average molecular weight is 258 g/mol. The molecule has 3 heteroatoms. The lowest BCUT2D eigenvalue weighted by Crippen LogP contribution is -2.19. The first-order valence-corrected chi connectivity index (χ1v) is 6.08. The number of nitrogens with one attached hydrogen (secondary N) is 1. The van der Waals surface area contributed by atoms with Crippen molar-refractivity contribution in [3.05, 3.63) is 45.5 Å². The first-order valence-electron chi connectivity index (χ1n) is 5.32. The minimum absolute atomic E-state index is 0.223. The summed E-state index contributed by atoms with van der Waals surface area (Å²) in [6, 6.07) is 5.82. The molecule has 0 saturated carbocycles. The third-order valence-electron chi connectivity index (χ3n) is 2.36. The minimum atomic E-state index is 0.223. The fourth-order valence-electron chi connectivity index (χ4n) is 1.40. The Labute approximate surface area is 107 Å². The third kappa shape index (κ3) is 4.17. The Hall–Kier alpha value is -0.500. The molecule has 0 fully saturated rings. The van der Waals surface area contributed by atoms with Crippen LogP contribution in [0.5, 0.6) is 0 Å². The van der Waals surface area contributed by atoms with Crippen molar-refractivity contribution in [1.82, 2.24) is 5.32 Å². The van der Waals surface area contributed by atoms with Gasteiger partial charge in [0.15, 0.2) is 0 Å². The Bertz CT molecular complexity index is 382. The smallest absolute Gasteiger partial charge is 0.0468 e. The van der Waals surface area contributed by atoms with Crippen LogP contribution in [-0.4, -0.2) is 6.54 Å². The van der Waals surface area contributed by atoms with E-state index in [1.807, 2.05) is 12.1 Å². The fraction of sp³-hybridized carbons (Fsp3) is 0.385. The van der Waals surface area contributed by atoms with Gasteiger partial charge >= 0.3 is 0 Å². The zero-order chi connectivity index (χ0) is 12.1. The van der Waals surface area contributed by atoms with Crippen molar-refractivity contribution in [2.45, 2.75) is 26.8 Å². The topological polar surface area (TPSA) is 12.0 Å². The van der Waals surface area contributed by atoms with Gasteiger partial charge in [-0.25, -0.2) is 0 Å². The molecule has 1 nitrogen and oxygen atoms in total. The van der Waals surface area contributed by atoms with Gasteiger partial charge in [0.1, 0.15) is 0 Å². The normalized spacial score (nSPS) is 12.3. The van der Waals surface area contributed by atoms with Crippen molar-refractivity contribution in [3.63, 3.8) is 0 Å². The van der Waals surface area contributed by atoms with Crippen LogP contribution in [0.1, 0.15) is 32.4 Å². The van der Waals surface area contributed by atoms with E-state index in [2.05, 4.69) is 32.2 Å². The molecule has 0 saturated heterocycles. The third-order valence-corrected chi connectivity index (χ3v) is 2.93. The van der Waals surface area contributed by atoms with Crippen LogP contribution in [-0.2, 0) is 0 Å². The molecule has 0 aliphatic rings. The zero-order valence-electron chi connectivity index (χ0n) is 9.85. The van der Waals surface area contributed by atoms with Gasteiger partial charge in [-0.3, -0.25) is 0 Å². The highest BCUT2D eigenvalue weighted by Gasteiger charge is 2.08. The molecule has 1 rings (SSSR count). The summed E-state index contributed by atoms with van der Waals surface area (Å²) >= 11 is 12.0. The quantitative estimate of drug-likeness (QED) is 0.777. The molecule has 1 N–H and O–H groups in total. The van der Waals surface area contributed by atoms with Gasteiger partial charge in [-0.15, -0.1) is 0 Å². The van der Waals surface area contributed by atoms with Crippen molar-refractivity contribution in [2.75, 3.05) is 6.54 Å². The van der Waals surface area contributed by atoms with E-state index in [4.69, 9.17) is 23.2 Å². The molecule has 0 aromatic heterocycles. The molecule has 1 aromatic rings. The maximum Gasteiger partial charge on any atom is 0.0468 e. The second-order valence-corrected chi connectivity index (χ2v) is 4.92. The maximum absolute atomic E-state index is 6.13. The summed E-state index contributed by atoms with van der Waals surface area (Å²) in [7, 11) is 0. The molecule has 1 unspecified atom stereocenters. The van der Waals surface area contributed by atoms with Gasteiger partial charge in [0.05, 0.1) is 0 Å². The SMILES string of the molecule is CC(C)=CCNC(C)c1ccc(Cl)cc1Cl. The second kappa shape index (κ2) is 6.29.